The van der Waals surface area contributed by atoms with Gasteiger partial charge in [0.05, 0.1) is 12.4 Å². The maximum Gasteiger partial charge on any atom is 0.135 e. The van der Waals surface area contributed by atoms with Crippen molar-refractivity contribution in [3.8, 4) is 0 Å². The highest BCUT2D eigenvalue weighted by Gasteiger charge is 2.25. The van der Waals surface area contributed by atoms with Crippen LogP contribution in [0, 0.1) is 6.92 Å². The minimum Gasteiger partial charge on any atom is -0.354 e. The lowest BCUT2D eigenvalue weighted by atomic mass is 10.2. The van der Waals surface area contributed by atoms with E-state index in [-0.39, 0.29) is 0 Å². The predicted octanol–water partition coefficient (Wildman–Crippen LogP) is 2.00. The van der Waals surface area contributed by atoms with Gasteiger partial charge in [0.2, 0.25) is 0 Å². The zero-order valence-electron chi connectivity index (χ0n) is 11.5. The summed E-state index contributed by atoms with van der Waals surface area (Å²) in [7, 11) is 0. The molecule has 1 fully saturated rings. The van der Waals surface area contributed by atoms with Crippen LogP contribution in [0.5, 0.6) is 0 Å². The first-order chi connectivity index (χ1) is 9.28. The van der Waals surface area contributed by atoms with E-state index in [9.17, 15) is 0 Å². The maximum atomic E-state index is 4.63. The molecule has 19 heavy (non-hydrogen) atoms. The first-order valence-electron chi connectivity index (χ1n) is 6.83. The van der Waals surface area contributed by atoms with Crippen LogP contribution in [0.4, 0.5) is 5.82 Å². The lowest BCUT2D eigenvalue weighted by molar-refractivity contribution is 0.551. The van der Waals surface area contributed by atoms with Crippen molar-refractivity contribution in [3.63, 3.8) is 0 Å². The molecule has 0 N–H and O–H groups in total. The quantitative estimate of drug-likeness (QED) is 0.843. The second-order valence-electron chi connectivity index (χ2n) is 5.02. The third kappa shape index (κ3) is 2.32. The van der Waals surface area contributed by atoms with Gasteiger partial charge in [0.1, 0.15) is 11.6 Å². The molecule has 0 amide bonds. The van der Waals surface area contributed by atoms with Crippen molar-refractivity contribution >= 4 is 5.82 Å². The third-order valence-corrected chi connectivity index (χ3v) is 3.75. The van der Waals surface area contributed by atoms with E-state index in [0.29, 0.717) is 6.04 Å². The molecule has 2 aromatic rings. The van der Waals surface area contributed by atoms with Crippen LogP contribution >= 0.6 is 0 Å². The number of aromatic nitrogens is 4. The number of anilines is 1. The Morgan fingerprint density at radius 3 is 3.05 bits per heavy atom. The van der Waals surface area contributed by atoms with Gasteiger partial charge < -0.3 is 9.47 Å². The Kier molecular flexibility index (Phi) is 3.19. The summed E-state index contributed by atoms with van der Waals surface area (Å²) in [4.78, 5) is 15.4. The van der Waals surface area contributed by atoms with Gasteiger partial charge in [-0.15, -0.1) is 0 Å². The van der Waals surface area contributed by atoms with Crippen LogP contribution in [0.1, 0.15) is 30.8 Å². The van der Waals surface area contributed by atoms with E-state index >= 15 is 0 Å². The van der Waals surface area contributed by atoms with Crippen molar-refractivity contribution < 1.29 is 0 Å². The molecule has 3 heterocycles. The van der Waals surface area contributed by atoms with Crippen molar-refractivity contribution in [1.82, 2.24) is 19.5 Å². The first-order valence-corrected chi connectivity index (χ1v) is 6.83. The molecule has 5 nitrogen and oxygen atoms in total. The molecule has 0 saturated carbocycles. The van der Waals surface area contributed by atoms with E-state index in [0.717, 1.165) is 37.6 Å². The van der Waals surface area contributed by atoms with Gasteiger partial charge in [-0.3, -0.25) is 0 Å². The molecule has 0 unspecified atom stereocenters. The lowest BCUT2D eigenvalue weighted by Crippen LogP contribution is -2.23. The van der Waals surface area contributed by atoms with Crippen molar-refractivity contribution in [2.75, 3.05) is 18.0 Å². The largest absolute Gasteiger partial charge is 0.354 e. The van der Waals surface area contributed by atoms with Gasteiger partial charge in [0.25, 0.3) is 0 Å². The van der Waals surface area contributed by atoms with Gasteiger partial charge in [0.15, 0.2) is 0 Å². The molecule has 3 rings (SSSR count). The molecular weight excluding hydrogens is 238 g/mol. The number of hydrogen-bond donors (Lipinski definition) is 0. The zero-order valence-corrected chi connectivity index (χ0v) is 11.5. The van der Waals surface area contributed by atoms with Crippen molar-refractivity contribution in [2.45, 2.75) is 32.7 Å². The highest BCUT2D eigenvalue weighted by Crippen LogP contribution is 2.27. The Morgan fingerprint density at radius 2 is 2.32 bits per heavy atom. The van der Waals surface area contributed by atoms with Gasteiger partial charge in [-0.25, -0.2) is 15.0 Å². The van der Waals surface area contributed by atoms with Crippen LogP contribution in [-0.4, -0.2) is 32.6 Å². The van der Waals surface area contributed by atoms with Gasteiger partial charge in [-0.05, 0) is 19.8 Å². The molecule has 2 aromatic heterocycles. The number of nitrogens with zero attached hydrogens (tertiary/aromatic N) is 5. The van der Waals surface area contributed by atoms with E-state index in [1.807, 2.05) is 31.8 Å². The monoisotopic (exact) mass is 257 g/mol. The molecule has 0 aromatic carbocycles. The Bertz CT molecular complexity index is 549. The van der Waals surface area contributed by atoms with Crippen molar-refractivity contribution in [1.29, 1.82) is 0 Å². The summed E-state index contributed by atoms with van der Waals surface area (Å²) in [5, 5.41) is 0. The van der Waals surface area contributed by atoms with Gasteiger partial charge >= 0.3 is 0 Å². The average Bonchev–Trinajstić information content (AvgIpc) is 3.09. The highest BCUT2D eigenvalue weighted by molar-refractivity contribution is 5.47. The summed E-state index contributed by atoms with van der Waals surface area (Å²) >= 11 is 0. The van der Waals surface area contributed by atoms with Crippen LogP contribution in [0.3, 0.4) is 0 Å². The van der Waals surface area contributed by atoms with E-state index in [2.05, 4.69) is 31.3 Å². The molecule has 5 heteroatoms. The number of rotatable bonds is 3. The zero-order chi connectivity index (χ0) is 13.2. The van der Waals surface area contributed by atoms with Crippen LogP contribution in [0.25, 0.3) is 0 Å². The first kappa shape index (κ1) is 12.1. The Balaban J connectivity index is 1.83. The van der Waals surface area contributed by atoms with Crippen molar-refractivity contribution in [3.05, 3.63) is 36.3 Å². The Labute approximate surface area is 113 Å². The number of aryl methyl sites for hydroxylation is 2. The molecule has 0 radical (unpaired) electrons. The fraction of sp³-hybridized carbons (Fsp3) is 0.500. The molecule has 1 aliphatic rings. The van der Waals surface area contributed by atoms with Gasteiger partial charge in [-0.1, -0.05) is 6.92 Å². The normalized spacial score (nSPS) is 19.1. The molecule has 100 valence electrons. The minimum absolute atomic E-state index is 0.502. The summed E-state index contributed by atoms with van der Waals surface area (Å²) in [6.07, 6.45) is 9.86. The molecular formula is C14H19N5. The minimum atomic E-state index is 0.502. The third-order valence-electron chi connectivity index (χ3n) is 3.75. The molecule has 1 aliphatic heterocycles. The number of hydrogen-bond acceptors (Lipinski definition) is 4. The van der Waals surface area contributed by atoms with E-state index in [1.165, 1.54) is 5.56 Å². The average molecular weight is 257 g/mol. The second-order valence-corrected chi connectivity index (χ2v) is 5.02. The van der Waals surface area contributed by atoms with Crippen LogP contribution in [-0.2, 0) is 6.42 Å². The van der Waals surface area contributed by atoms with E-state index in [4.69, 9.17) is 0 Å². The van der Waals surface area contributed by atoms with Crippen LogP contribution in [0.2, 0.25) is 0 Å². The fourth-order valence-corrected chi connectivity index (χ4v) is 2.67. The molecule has 0 aliphatic carbocycles. The second kappa shape index (κ2) is 4.99. The molecule has 1 atom stereocenters. The molecule has 1 saturated heterocycles. The fourth-order valence-electron chi connectivity index (χ4n) is 2.67. The Morgan fingerprint density at radius 1 is 1.42 bits per heavy atom. The lowest BCUT2D eigenvalue weighted by Gasteiger charge is -2.20. The predicted molar refractivity (Wildman–Crippen MR) is 74.2 cm³/mol. The standard InChI is InChI=1S/C14H19N5/c1-3-12-8-16-11(2)17-14(12)18-6-4-13(9-18)19-7-5-15-10-19/h5,7-8,10,13H,3-4,6,9H2,1-2H3/t13-/m0/s1. The van der Waals surface area contributed by atoms with Crippen molar-refractivity contribution in [2.24, 2.45) is 0 Å². The van der Waals surface area contributed by atoms with Gasteiger partial charge in [0, 0.05) is 37.2 Å². The van der Waals surface area contributed by atoms with Crippen LogP contribution in [0.15, 0.2) is 24.9 Å². The summed E-state index contributed by atoms with van der Waals surface area (Å²) < 4.78 is 2.19. The Hall–Kier alpha value is -1.91. The summed E-state index contributed by atoms with van der Waals surface area (Å²) in [5.74, 6) is 1.95. The number of imidazole rings is 1. The molecule has 0 spiro atoms. The van der Waals surface area contributed by atoms with Gasteiger partial charge in [-0.2, -0.15) is 0 Å². The molecule has 0 bridgehead atoms. The SMILES string of the molecule is CCc1cnc(C)nc1N1CC[C@H](n2ccnc2)C1. The van der Waals surface area contributed by atoms with E-state index < -0.39 is 0 Å². The maximum absolute atomic E-state index is 4.63. The summed E-state index contributed by atoms with van der Waals surface area (Å²) in [6, 6.07) is 0.502. The van der Waals surface area contributed by atoms with E-state index in [1.54, 1.807) is 0 Å². The smallest absolute Gasteiger partial charge is 0.135 e. The summed E-state index contributed by atoms with van der Waals surface area (Å²) in [5.41, 5.74) is 1.23. The summed E-state index contributed by atoms with van der Waals surface area (Å²) in [6.45, 7) is 6.15. The highest BCUT2D eigenvalue weighted by atomic mass is 15.3. The van der Waals surface area contributed by atoms with Crippen LogP contribution < -0.4 is 4.90 Å². The topological polar surface area (TPSA) is 46.8 Å².